The summed E-state index contributed by atoms with van der Waals surface area (Å²) in [6.45, 7) is 2.34. The Bertz CT molecular complexity index is 566. The van der Waals surface area contributed by atoms with Crippen LogP contribution in [0.15, 0.2) is 35.3 Å². The van der Waals surface area contributed by atoms with Crippen LogP contribution in [0.4, 0.5) is 0 Å². The van der Waals surface area contributed by atoms with E-state index in [1.54, 1.807) is 16.2 Å². The summed E-state index contributed by atoms with van der Waals surface area (Å²) < 4.78 is 3.25. The molecule has 0 saturated carbocycles. The second kappa shape index (κ2) is 3.98. The van der Waals surface area contributed by atoms with Gasteiger partial charge in [-0.3, -0.25) is 4.57 Å². The summed E-state index contributed by atoms with van der Waals surface area (Å²) in [4.78, 5) is 11.9. The van der Waals surface area contributed by atoms with E-state index in [0.717, 1.165) is 16.9 Å². The Kier molecular flexibility index (Phi) is 2.66. The lowest BCUT2D eigenvalue weighted by molar-refractivity contribution is 0.814. The number of nitrogens with two attached hydrogens (primary N) is 1. The van der Waals surface area contributed by atoms with Crippen LogP contribution in [-0.2, 0) is 13.6 Å². The van der Waals surface area contributed by atoms with Crippen molar-refractivity contribution in [3.63, 3.8) is 0 Å². The zero-order chi connectivity index (χ0) is 11.7. The molecule has 0 atom stereocenters. The molecule has 1 aromatic carbocycles. The maximum absolute atomic E-state index is 11.9. The highest BCUT2D eigenvalue weighted by molar-refractivity contribution is 5.42. The van der Waals surface area contributed by atoms with Crippen LogP contribution in [0.2, 0.25) is 0 Å². The normalized spacial score (nSPS) is 10.7. The first-order chi connectivity index (χ1) is 7.65. The minimum Gasteiger partial charge on any atom is -0.326 e. The van der Waals surface area contributed by atoms with Gasteiger partial charge in [-0.05, 0) is 18.6 Å². The Labute approximate surface area is 93.9 Å². The third kappa shape index (κ3) is 1.57. The van der Waals surface area contributed by atoms with Gasteiger partial charge in [0.25, 0.3) is 0 Å². The van der Waals surface area contributed by atoms with Gasteiger partial charge in [-0.1, -0.05) is 18.2 Å². The molecule has 2 rings (SSSR count). The summed E-state index contributed by atoms with van der Waals surface area (Å²) in [6.07, 6.45) is 1.82. The molecular formula is C12H15N3O. The van der Waals surface area contributed by atoms with Crippen molar-refractivity contribution in [2.24, 2.45) is 12.8 Å². The standard InChI is InChI=1S/C12H15N3O/c1-9-8-14(2)12(16)15(9)11-6-4-3-5-10(11)7-13/h3-6,8H,7,13H2,1-2H3. The fourth-order valence-corrected chi connectivity index (χ4v) is 1.90. The molecule has 4 nitrogen and oxygen atoms in total. The van der Waals surface area contributed by atoms with Crippen molar-refractivity contribution in [1.29, 1.82) is 0 Å². The van der Waals surface area contributed by atoms with E-state index < -0.39 is 0 Å². The van der Waals surface area contributed by atoms with E-state index in [1.807, 2.05) is 37.4 Å². The Morgan fingerprint density at radius 3 is 2.56 bits per heavy atom. The topological polar surface area (TPSA) is 53.0 Å². The highest BCUT2D eigenvalue weighted by atomic mass is 16.1. The summed E-state index contributed by atoms with van der Waals surface area (Å²) in [5, 5.41) is 0. The highest BCUT2D eigenvalue weighted by Crippen LogP contribution is 2.13. The first-order valence-electron chi connectivity index (χ1n) is 5.18. The number of para-hydroxylation sites is 1. The summed E-state index contributed by atoms with van der Waals surface area (Å²) in [5.41, 5.74) is 8.38. The number of rotatable bonds is 2. The average Bonchev–Trinajstić information content (AvgIpc) is 2.53. The molecule has 16 heavy (non-hydrogen) atoms. The lowest BCUT2D eigenvalue weighted by Crippen LogP contribution is -2.22. The van der Waals surface area contributed by atoms with Crippen molar-refractivity contribution in [3.8, 4) is 5.69 Å². The van der Waals surface area contributed by atoms with Gasteiger partial charge in [0.15, 0.2) is 0 Å². The number of aryl methyl sites for hydroxylation is 2. The van der Waals surface area contributed by atoms with Gasteiger partial charge in [-0.15, -0.1) is 0 Å². The lowest BCUT2D eigenvalue weighted by Gasteiger charge is -2.09. The zero-order valence-electron chi connectivity index (χ0n) is 9.47. The van der Waals surface area contributed by atoms with E-state index in [1.165, 1.54) is 0 Å². The molecule has 84 valence electrons. The number of benzene rings is 1. The molecule has 0 aliphatic carbocycles. The van der Waals surface area contributed by atoms with Crippen LogP contribution in [0.3, 0.4) is 0 Å². The highest BCUT2D eigenvalue weighted by Gasteiger charge is 2.10. The quantitative estimate of drug-likeness (QED) is 0.814. The van der Waals surface area contributed by atoms with Gasteiger partial charge in [-0.25, -0.2) is 4.79 Å². The largest absolute Gasteiger partial charge is 0.332 e. The second-order valence-corrected chi connectivity index (χ2v) is 3.83. The molecule has 1 heterocycles. The smallest absolute Gasteiger partial charge is 0.326 e. The molecule has 0 aliphatic rings. The van der Waals surface area contributed by atoms with Crippen LogP contribution in [-0.4, -0.2) is 9.13 Å². The fourth-order valence-electron chi connectivity index (χ4n) is 1.90. The number of nitrogens with zero attached hydrogens (tertiary/aromatic N) is 2. The number of imidazole rings is 1. The zero-order valence-corrected chi connectivity index (χ0v) is 9.47. The van der Waals surface area contributed by atoms with E-state index in [2.05, 4.69) is 0 Å². The summed E-state index contributed by atoms with van der Waals surface area (Å²) in [5.74, 6) is 0. The van der Waals surface area contributed by atoms with Crippen molar-refractivity contribution >= 4 is 0 Å². The maximum atomic E-state index is 11.9. The molecule has 2 aromatic rings. The van der Waals surface area contributed by atoms with E-state index in [-0.39, 0.29) is 5.69 Å². The first-order valence-corrected chi connectivity index (χ1v) is 5.18. The summed E-state index contributed by atoms with van der Waals surface area (Å²) in [6, 6.07) is 7.69. The molecule has 0 unspecified atom stereocenters. The predicted octanol–water partition coefficient (Wildman–Crippen LogP) is 0.943. The third-order valence-electron chi connectivity index (χ3n) is 2.68. The van der Waals surface area contributed by atoms with Crippen molar-refractivity contribution in [1.82, 2.24) is 9.13 Å². The van der Waals surface area contributed by atoms with Gasteiger partial charge in [0.1, 0.15) is 0 Å². The van der Waals surface area contributed by atoms with Crippen LogP contribution < -0.4 is 11.4 Å². The van der Waals surface area contributed by atoms with Crippen LogP contribution in [0.1, 0.15) is 11.3 Å². The summed E-state index contributed by atoms with van der Waals surface area (Å²) >= 11 is 0. The van der Waals surface area contributed by atoms with Crippen molar-refractivity contribution in [2.45, 2.75) is 13.5 Å². The van der Waals surface area contributed by atoms with Crippen LogP contribution in [0.5, 0.6) is 0 Å². The van der Waals surface area contributed by atoms with Crippen molar-refractivity contribution in [2.75, 3.05) is 0 Å². The predicted molar refractivity (Wildman–Crippen MR) is 63.6 cm³/mol. The van der Waals surface area contributed by atoms with Crippen LogP contribution >= 0.6 is 0 Å². The van der Waals surface area contributed by atoms with Gasteiger partial charge < -0.3 is 10.3 Å². The molecule has 0 saturated heterocycles. The average molecular weight is 217 g/mol. The minimum absolute atomic E-state index is 0.0431. The molecule has 0 spiro atoms. The van der Waals surface area contributed by atoms with Gasteiger partial charge in [0.2, 0.25) is 0 Å². The fraction of sp³-hybridized carbons (Fsp3) is 0.250. The number of hydrogen-bond acceptors (Lipinski definition) is 2. The molecule has 0 aliphatic heterocycles. The molecule has 0 amide bonds. The van der Waals surface area contributed by atoms with Gasteiger partial charge in [-0.2, -0.15) is 0 Å². The van der Waals surface area contributed by atoms with Gasteiger partial charge in [0, 0.05) is 25.5 Å². The van der Waals surface area contributed by atoms with Crippen LogP contribution in [0, 0.1) is 6.92 Å². The van der Waals surface area contributed by atoms with E-state index in [9.17, 15) is 4.79 Å². The lowest BCUT2D eigenvalue weighted by atomic mass is 10.2. The minimum atomic E-state index is -0.0431. The SMILES string of the molecule is Cc1cn(C)c(=O)n1-c1ccccc1CN. The molecule has 4 heteroatoms. The summed E-state index contributed by atoms with van der Waals surface area (Å²) in [7, 11) is 1.75. The maximum Gasteiger partial charge on any atom is 0.332 e. The Balaban J connectivity index is 2.72. The Hall–Kier alpha value is -1.81. The molecule has 0 fully saturated rings. The van der Waals surface area contributed by atoms with Gasteiger partial charge >= 0.3 is 5.69 Å². The monoisotopic (exact) mass is 217 g/mol. The second-order valence-electron chi connectivity index (χ2n) is 3.83. The Morgan fingerprint density at radius 2 is 2.00 bits per heavy atom. The number of aromatic nitrogens is 2. The molecule has 0 bridgehead atoms. The molecular weight excluding hydrogens is 202 g/mol. The van der Waals surface area contributed by atoms with Crippen LogP contribution in [0.25, 0.3) is 5.69 Å². The van der Waals surface area contributed by atoms with Crippen molar-refractivity contribution in [3.05, 3.63) is 52.2 Å². The Morgan fingerprint density at radius 1 is 1.31 bits per heavy atom. The van der Waals surface area contributed by atoms with E-state index in [4.69, 9.17) is 5.73 Å². The molecule has 2 N–H and O–H groups in total. The van der Waals surface area contributed by atoms with E-state index >= 15 is 0 Å². The number of hydrogen-bond donors (Lipinski definition) is 1. The van der Waals surface area contributed by atoms with Gasteiger partial charge in [0.05, 0.1) is 5.69 Å². The van der Waals surface area contributed by atoms with E-state index in [0.29, 0.717) is 6.54 Å². The van der Waals surface area contributed by atoms with Crippen molar-refractivity contribution < 1.29 is 0 Å². The third-order valence-corrected chi connectivity index (χ3v) is 2.68. The molecule has 1 aromatic heterocycles. The molecule has 0 radical (unpaired) electrons. The first kappa shape index (κ1) is 10.7.